The van der Waals surface area contributed by atoms with Crippen LogP contribution in [0.4, 0.5) is 13.2 Å². The minimum atomic E-state index is -4.29. The summed E-state index contributed by atoms with van der Waals surface area (Å²) in [5.74, 6) is 0.922. The van der Waals surface area contributed by atoms with E-state index >= 15 is 0 Å². The van der Waals surface area contributed by atoms with E-state index in [0.717, 1.165) is 49.4 Å². The lowest BCUT2D eigenvalue weighted by atomic mass is 9.71. The standard InChI is InChI=1S/C13H13F3N2.C10H18O2/c1-8-12(9-3-2-4-9)11-7-10(13(14,15)16)5-6-18(11)17-8;1-3-9(11)7-10(2,12)8-5-4-6-8/h5-7,9H,2-4H2,1H3;8,12H,3-7H2,1-2H3. The predicted octanol–water partition coefficient (Wildman–Crippen LogP) is 5.84. The van der Waals surface area contributed by atoms with Crippen molar-refractivity contribution in [2.45, 2.75) is 89.8 Å². The van der Waals surface area contributed by atoms with Crippen molar-refractivity contribution in [1.29, 1.82) is 0 Å². The maximum absolute atomic E-state index is 12.7. The van der Waals surface area contributed by atoms with Crippen LogP contribution in [0.25, 0.3) is 5.52 Å². The van der Waals surface area contributed by atoms with Crippen molar-refractivity contribution in [2.75, 3.05) is 0 Å². The summed E-state index contributed by atoms with van der Waals surface area (Å²) in [6, 6.07) is 2.29. The molecule has 4 rings (SSSR count). The fraction of sp³-hybridized carbons (Fsp3) is 0.652. The number of ketones is 1. The van der Waals surface area contributed by atoms with Gasteiger partial charge in [0.15, 0.2) is 0 Å². The first kappa shape index (κ1) is 22.8. The molecule has 1 unspecified atom stereocenters. The Hall–Kier alpha value is -1.89. The number of fused-ring (bicyclic) bond motifs is 1. The van der Waals surface area contributed by atoms with Crippen molar-refractivity contribution in [3.05, 3.63) is 35.2 Å². The molecule has 7 heteroatoms. The van der Waals surface area contributed by atoms with Crippen LogP contribution in [-0.4, -0.2) is 26.1 Å². The molecule has 1 N–H and O–H groups in total. The lowest BCUT2D eigenvalue weighted by Crippen LogP contribution is -2.40. The number of aryl methyl sites for hydroxylation is 1. The van der Waals surface area contributed by atoms with Crippen LogP contribution >= 0.6 is 0 Å². The molecule has 30 heavy (non-hydrogen) atoms. The first-order valence-corrected chi connectivity index (χ1v) is 10.8. The third-order valence-electron chi connectivity index (χ3n) is 6.63. The number of hydrogen-bond donors (Lipinski definition) is 1. The van der Waals surface area contributed by atoms with Gasteiger partial charge >= 0.3 is 6.18 Å². The SMILES string of the molecule is CCC(=O)CC(C)(O)C1CCC1.Cc1nn2ccc(C(F)(F)F)cc2c1C1CCC1. The number of aromatic nitrogens is 2. The van der Waals surface area contributed by atoms with Gasteiger partial charge in [0.2, 0.25) is 0 Å². The number of aliphatic hydroxyl groups is 1. The van der Waals surface area contributed by atoms with Gasteiger partial charge in [-0.15, -0.1) is 0 Å². The molecule has 0 aliphatic heterocycles. The highest BCUT2D eigenvalue weighted by atomic mass is 19.4. The predicted molar refractivity (Wildman–Crippen MR) is 109 cm³/mol. The number of rotatable bonds is 5. The number of hydrogen-bond acceptors (Lipinski definition) is 3. The van der Waals surface area contributed by atoms with Gasteiger partial charge in [0.25, 0.3) is 0 Å². The largest absolute Gasteiger partial charge is 0.416 e. The molecule has 2 fully saturated rings. The molecule has 0 radical (unpaired) electrons. The van der Waals surface area contributed by atoms with Gasteiger partial charge in [0.1, 0.15) is 5.78 Å². The Bertz CT molecular complexity index is 894. The molecular weight excluding hydrogens is 393 g/mol. The summed E-state index contributed by atoms with van der Waals surface area (Å²) >= 11 is 0. The van der Waals surface area contributed by atoms with Gasteiger partial charge < -0.3 is 5.11 Å². The van der Waals surface area contributed by atoms with E-state index in [-0.39, 0.29) is 5.78 Å². The minimum Gasteiger partial charge on any atom is -0.389 e. The fourth-order valence-electron chi connectivity index (χ4n) is 4.26. The Kier molecular flexibility index (Phi) is 6.60. The van der Waals surface area contributed by atoms with Crippen LogP contribution in [0.15, 0.2) is 18.3 Å². The van der Waals surface area contributed by atoms with Crippen LogP contribution in [0.2, 0.25) is 0 Å². The molecule has 4 nitrogen and oxygen atoms in total. The van der Waals surface area contributed by atoms with Crippen molar-refractivity contribution in [1.82, 2.24) is 9.61 Å². The van der Waals surface area contributed by atoms with Gasteiger partial charge in [-0.2, -0.15) is 18.3 Å². The Labute approximate surface area is 175 Å². The minimum absolute atomic E-state index is 0.173. The van der Waals surface area contributed by atoms with Gasteiger partial charge in [0, 0.05) is 24.6 Å². The zero-order valence-electron chi connectivity index (χ0n) is 17.9. The van der Waals surface area contributed by atoms with E-state index in [4.69, 9.17) is 0 Å². The van der Waals surface area contributed by atoms with Crippen LogP contribution in [0, 0.1) is 12.8 Å². The molecule has 0 amide bonds. The molecule has 2 saturated carbocycles. The van der Waals surface area contributed by atoms with Gasteiger partial charge in [-0.1, -0.05) is 19.8 Å². The van der Waals surface area contributed by atoms with E-state index < -0.39 is 17.3 Å². The fourth-order valence-corrected chi connectivity index (χ4v) is 4.26. The molecular formula is C23H31F3N2O2. The second kappa shape index (κ2) is 8.69. The number of alkyl halides is 3. The third-order valence-corrected chi connectivity index (χ3v) is 6.63. The van der Waals surface area contributed by atoms with Crippen molar-refractivity contribution in [3.8, 4) is 0 Å². The molecule has 2 aliphatic carbocycles. The average molecular weight is 425 g/mol. The summed E-state index contributed by atoms with van der Waals surface area (Å²) in [5.41, 5.74) is 1.11. The van der Waals surface area contributed by atoms with E-state index in [1.165, 1.54) is 18.7 Å². The lowest BCUT2D eigenvalue weighted by molar-refractivity contribution is -0.137. The van der Waals surface area contributed by atoms with E-state index in [0.29, 0.717) is 30.2 Å². The number of Topliss-reactive ketones (excluding diaryl/α,β-unsaturated/α-hetero) is 1. The molecule has 0 aromatic carbocycles. The summed E-state index contributed by atoms with van der Waals surface area (Å²) in [6.45, 7) is 5.51. The van der Waals surface area contributed by atoms with Crippen LogP contribution in [0.1, 0.15) is 88.0 Å². The number of pyridine rings is 1. The maximum Gasteiger partial charge on any atom is 0.416 e. The normalized spacial score (nSPS) is 19.4. The van der Waals surface area contributed by atoms with Crippen LogP contribution < -0.4 is 0 Å². The number of nitrogens with zero attached hydrogens (tertiary/aromatic N) is 2. The van der Waals surface area contributed by atoms with Gasteiger partial charge in [-0.3, -0.25) is 4.79 Å². The van der Waals surface area contributed by atoms with Crippen LogP contribution in [0.5, 0.6) is 0 Å². The molecule has 2 aromatic rings. The van der Waals surface area contributed by atoms with Gasteiger partial charge in [-0.05, 0) is 63.5 Å². The quantitative estimate of drug-likeness (QED) is 0.656. The smallest absolute Gasteiger partial charge is 0.389 e. The molecule has 166 valence electrons. The Morgan fingerprint density at radius 3 is 2.33 bits per heavy atom. The maximum atomic E-state index is 12.7. The van der Waals surface area contributed by atoms with Crippen molar-refractivity contribution < 1.29 is 23.1 Å². The highest BCUT2D eigenvalue weighted by molar-refractivity contribution is 5.79. The summed E-state index contributed by atoms with van der Waals surface area (Å²) < 4.78 is 39.7. The summed E-state index contributed by atoms with van der Waals surface area (Å²) in [5, 5.41) is 14.2. The van der Waals surface area contributed by atoms with E-state index in [1.54, 1.807) is 11.4 Å². The summed E-state index contributed by atoms with van der Waals surface area (Å²) in [4.78, 5) is 11.1. The molecule has 0 saturated heterocycles. The second-order valence-corrected chi connectivity index (χ2v) is 8.92. The van der Waals surface area contributed by atoms with E-state index in [9.17, 15) is 23.1 Å². The van der Waals surface area contributed by atoms with Crippen LogP contribution in [-0.2, 0) is 11.0 Å². The summed E-state index contributed by atoms with van der Waals surface area (Å²) in [6.07, 6.45) is 4.63. The number of halogens is 3. The topological polar surface area (TPSA) is 54.6 Å². The lowest BCUT2D eigenvalue weighted by Gasteiger charge is -2.38. The van der Waals surface area contributed by atoms with E-state index in [2.05, 4.69) is 5.10 Å². The molecule has 2 heterocycles. The Balaban J connectivity index is 0.000000187. The highest BCUT2D eigenvalue weighted by Gasteiger charge is 2.37. The van der Waals surface area contributed by atoms with Gasteiger partial charge in [0.05, 0.1) is 22.4 Å². The molecule has 2 aliphatic rings. The average Bonchev–Trinajstić information content (AvgIpc) is 2.86. The molecule has 2 aromatic heterocycles. The van der Waals surface area contributed by atoms with Crippen LogP contribution in [0.3, 0.4) is 0 Å². The Morgan fingerprint density at radius 2 is 1.87 bits per heavy atom. The highest BCUT2D eigenvalue weighted by Crippen LogP contribution is 2.41. The van der Waals surface area contributed by atoms with E-state index in [1.807, 2.05) is 13.8 Å². The molecule has 0 bridgehead atoms. The molecule has 1 atom stereocenters. The number of carbonyl (C=O) groups is 1. The van der Waals surface area contributed by atoms with Crippen molar-refractivity contribution in [2.24, 2.45) is 5.92 Å². The monoisotopic (exact) mass is 424 g/mol. The first-order valence-electron chi connectivity index (χ1n) is 10.8. The van der Waals surface area contributed by atoms with Crippen molar-refractivity contribution >= 4 is 11.3 Å². The van der Waals surface area contributed by atoms with Gasteiger partial charge in [-0.25, -0.2) is 4.52 Å². The molecule has 0 spiro atoms. The first-order chi connectivity index (χ1) is 14.0. The van der Waals surface area contributed by atoms with Crippen molar-refractivity contribution in [3.63, 3.8) is 0 Å². The zero-order chi connectivity index (χ0) is 22.1. The second-order valence-electron chi connectivity index (χ2n) is 8.92. The third kappa shape index (κ3) is 4.88. The zero-order valence-corrected chi connectivity index (χ0v) is 17.9. The number of carbonyl (C=O) groups excluding carboxylic acids is 1. The Morgan fingerprint density at radius 1 is 1.23 bits per heavy atom. The summed E-state index contributed by atoms with van der Waals surface area (Å²) in [7, 11) is 0.